The van der Waals surface area contributed by atoms with Crippen molar-refractivity contribution in [3.05, 3.63) is 122 Å². The van der Waals surface area contributed by atoms with E-state index in [0.717, 1.165) is 37.1 Å². The Morgan fingerprint density at radius 1 is 0.271 bits per heavy atom. The number of benzene rings is 2. The van der Waals surface area contributed by atoms with Crippen molar-refractivity contribution >= 4 is 261 Å². The number of anilines is 16. The highest BCUT2D eigenvalue weighted by Gasteiger charge is 2.13. The SMILES string of the molecule is NC1CCC(N)CC1.NCCN.Nc1ccc(N)cc1.Nc1ccc(N)nc1.Nc1cccc(N)c1.Nc1ccnc(N)c1.Nc1ccnc(N)n1.Nc1cnc(N)cn1.Nc1cnc(N)nn1.Nc1ncnc(N)n1.[B].[B].[B].[B].[B].[B].[B].[B].[B].[B].[B].[B].[B].[B].[B].[B].[B].[B].[B].[B]. The maximum Gasteiger partial charge on any atom is 0.240 e. The molecular formula is C44H74B20N32. The van der Waals surface area contributed by atoms with Crippen molar-refractivity contribution in [1.82, 2.24) is 60.0 Å². The zero-order chi connectivity index (χ0) is 57.3. The minimum absolute atomic E-state index is 0. The molecule has 0 spiro atoms. The third-order valence-electron chi connectivity index (χ3n) is 8.04. The number of rotatable bonds is 1. The van der Waals surface area contributed by atoms with Gasteiger partial charge in [-0.05, 0) is 92.4 Å². The van der Waals surface area contributed by atoms with Gasteiger partial charge in [-0.3, -0.25) is 0 Å². The van der Waals surface area contributed by atoms with Gasteiger partial charge in [0, 0.05) is 240 Å². The Hall–Kier alpha value is -9.14. The lowest BCUT2D eigenvalue weighted by Crippen LogP contribution is -2.33. The summed E-state index contributed by atoms with van der Waals surface area (Å²) in [6, 6.07) is 23.4. The van der Waals surface area contributed by atoms with Crippen LogP contribution in [0, 0.1) is 0 Å². The van der Waals surface area contributed by atoms with Crippen molar-refractivity contribution in [3.63, 3.8) is 0 Å². The van der Waals surface area contributed by atoms with Crippen LogP contribution in [0.15, 0.2) is 122 Å². The Balaban J connectivity index is -0.0000000336. The first-order valence-electron chi connectivity index (χ1n) is 22.2. The Morgan fingerprint density at radius 3 is 0.854 bits per heavy atom. The standard InChI is InChI=1S/C6H14N2.2C6H8N2.2C5H7N3.2C4H6N4.2C3H5N5.C2H8N2.20B/c2*7-5-1-2-6(8)4-3-5;7-5-2-1-3-6(8)4-5;6-4-1-2-8-5(7)3-4;6-4-1-2-5(7)8-3-4;5-3-1-7-4(6)2-8-3;5-3-1-2-7-4(6)8-3;4-2-6-1-7-3(5)8-2;4-2-1-6-3(5)8-7-2;3-1-2-4;;;;;;;;;;;;;;;;;;;;/h5-6H,1-4,7-8H2;2*1-4H,7-8H2;1-3H,(H4,6,7,8);1-3H,6H2,(H2,7,8);1-2H,(H2,6,7)(H2,5,8);1-2H,(H4,5,6,7,8);1H,(H4,4,5,6,7,8);1H,(H2,4,7)(H2,5,6,8);1-4H2;;;;;;;;;;;;;;;;;;;;. The molecule has 0 amide bonds. The smallest absolute Gasteiger partial charge is 0.240 e. The van der Waals surface area contributed by atoms with E-state index in [9.17, 15) is 0 Å². The second kappa shape index (κ2) is 90.1. The number of nitrogens with two attached hydrogens (primary N) is 20. The second-order valence-electron chi connectivity index (χ2n) is 14.8. The topological polar surface area (TPSA) is 675 Å². The molecule has 96 heavy (non-hydrogen) atoms. The Bertz CT molecular complexity index is 2230. The van der Waals surface area contributed by atoms with Crippen LogP contribution in [0.1, 0.15) is 25.7 Å². The van der Waals surface area contributed by atoms with Gasteiger partial charge < -0.3 is 115 Å². The van der Waals surface area contributed by atoms with Crippen LogP contribution in [0.2, 0.25) is 0 Å². The molecule has 0 bridgehead atoms. The van der Waals surface area contributed by atoms with E-state index in [2.05, 4.69) is 60.0 Å². The molecule has 1 fully saturated rings. The van der Waals surface area contributed by atoms with E-state index in [1.165, 1.54) is 37.3 Å². The van der Waals surface area contributed by atoms with E-state index < -0.39 is 0 Å². The normalized spacial score (nSPS) is 9.62. The zero-order valence-corrected chi connectivity index (χ0v) is 53.4. The number of pyridine rings is 2. The monoisotopic (exact) mass is 1270 g/mol. The molecule has 0 unspecified atom stereocenters. The van der Waals surface area contributed by atoms with Gasteiger partial charge in [-0.25, -0.2) is 39.9 Å². The Labute approximate surface area is 606 Å². The molecule has 1 aliphatic carbocycles. The first-order valence-corrected chi connectivity index (χ1v) is 22.2. The molecule has 40 N–H and O–H groups in total. The van der Waals surface area contributed by atoms with Gasteiger partial charge in [-0.1, -0.05) is 6.07 Å². The number of nitrogens with zero attached hydrogens (tertiary/aromatic N) is 12. The molecule has 2 aromatic carbocycles. The predicted octanol–water partition coefficient (Wildman–Crippen LogP) is -8.95. The van der Waals surface area contributed by atoms with Crippen LogP contribution in [0.3, 0.4) is 0 Å². The fourth-order valence-corrected chi connectivity index (χ4v) is 4.43. The van der Waals surface area contributed by atoms with E-state index in [1.807, 2.05) is 6.07 Å². The highest BCUT2D eigenvalue weighted by molar-refractivity contribution is 5.78. The highest BCUT2D eigenvalue weighted by atomic mass is 15.2. The van der Waals surface area contributed by atoms with Crippen LogP contribution >= 0.6 is 0 Å². The van der Waals surface area contributed by atoms with E-state index in [1.54, 1.807) is 79.0 Å². The summed E-state index contributed by atoms with van der Waals surface area (Å²) in [4.78, 5) is 36.1. The molecule has 1 aliphatic rings. The van der Waals surface area contributed by atoms with Crippen LogP contribution in [-0.2, 0) is 0 Å². The van der Waals surface area contributed by atoms with E-state index in [0.29, 0.717) is 77.0 Å². The van der Waals surface area contributed by atoms with Gasteiger partial charge in [0.15, 0.2) is 5.82 Å². The Morgan fingerprint density at radius 2 is 0.625 bits per heavy atom. The molecule has 52 heteroatoms. The molecule has 32 nitrogen and oxygen atoms in total. The first-order chi connectivity index (χ1) is 36.0. The number of nitrogen functional groups attached to an aromatic ring is 16. The van der Waals surface area contributed by atoms with Crippen molar-refractivity contribution in [3.8, 4) is 0 Å². The van der Waals surface area contributed by atoms with Gasteiger partial charge in [0.05, 0.1) is 30.5 Å². The van der Waals surface area contributed by atoms with E-state index in [4.69, 9.17) is 115 Å². The lowest BCUT2D eigenvalue weighted by Gasteiger charge is -2.22. The summed E-state index contributed by atoms with van der Waals surface area (Å²) in [5.74, 6) is 3.07. The average molecular weight is 1270 g/mol. The van der Waals surface area contributed by atoms with Crippen LogP contribution in [0.5, 0.6) is 0 Å². The van der Waals surface area contributed by atoms with Crippen molar-refractivity contribution in [1.29, 1.82) is 0 Å². The summed E-state index contributed by atoms with van der Waals surface area (Å²) in [5, 5.41) is 6.79. The Kier molecular flexibility index (Phi) is 138. The largest absolute Gasteiger partial charge is 0.399 e. The maximum absolute atomic E-state index is 5.64. The maximum atomic E-state index is 5.64. The molecular weight excluding hydrogens is 1190 g/mol. The molecule has 6 aromatic heterocycles. The second-order valence-corrected chi connectivity index (χ2v) is 14.8. The third kappa shape index (κ3) is 89.1. The van der Waals surface area contributed by atoms with Gasteiger partial charge in [0.2, 0.25) is 23.8 Å². The molecule has 60 radical (unpaired) electrons. The third-order valence-corrected chi connectivity index (χ3v) is 8.04. The summed E-state index contributed by atoms with van der Waals surface area (Å²) in [6.07, 6.45) is 14.5. The molecule has 9 rings (SSSR count). The van der Waals surface area contributed by atoms with Crippen LogP contribution in [0.4, 0.5) is 92.8 Å². The molecule has 0 saturated heterocycles. The van der Waals surface area contributed by atoms with E-state index in [-0.39, 0.29) is 198 Å². The molecule has 0 aliphatic heterocycles. The summed E-state index contributed by atoms with van der Waals surface area (Å²) in [7, 11) is 0. The minimum Gasteiger partial charge on any atom is -0.399 e. The number of aromatic nitrogens is 12. The molecule has 8 aromatic rings. The summed E-state index contributed by atoms with van der Waals surface area (Å²) in [5.41, 5.74) is 109. The van der Waals surface area contributed by atoms with Gasteiger partial charge >= 0.3 is 0 Å². The molecule has 0 atom stereocenters. The number of hydrogen-bond donors (Lipinski definition) is 20. The molecule has 6 heterocycles. The summed E-state index contributed by atoms with van der Waals surface area (Å²) >= 11 is 0. The molecule has 1 saturated carbocycles. The first kappa shape index (κ1) is 148. The van der Waals surface area contributed by atoms with Crippen LogP contribution < -0.4 is 115 Å². The van der Waals surface area contributed by atoms with Crippen molar-refractivity contribution < 1.29 is 0 Å². The van der Waals surface area contributed by atoms with E-state index >= 15 is 0 Å². The summed E-state index contributed by atoms with van der Waals surface area (Å²) in [6.45, 7) is 1.19. The molecule has 470 valence electrons. The minimum atomic E-state index is 0. The number of hydrogen-bond acceptors (Lipinski definition) is 32. The van der Waals surface area contributed by atoms with Crippen molar-refractivity contribution in [2.75, 3.05) is 105 Å². The van der Waals surface area contributed by atoms with Gasteiger partial charge in [-0.2, -0.15) is 9.97 Å². The zero-order valence-electron chi connectivity index (χ0n) is 53.4. The predicted molar refractivity (Wildman–Crippen MR) is 423 cm³/mol. The lowest BCUT2D eigenvalue weighted by atomic mass is 9.93. The van der Waals surface area contributed by atoms with Gasteiger partial charge in [0.25, 0.3) is 0 Å². The van der Waals surface area contributed by atoms with Gasteiger partial charge in [0.1, 0.15) is 35.4 Å². The van der Waals surface area contributed by atoms with Gasteiger partial charge in [-0.15, -0.1) is 10.2 Å². The fourth-order valence-electron chi connectivity index (χ4n) is 4.43. The lowest BCUT2D eigenvalue weighted by molar-refractivity contribution is 0.395. The van der Waals surface area contributed by atoms with Crippen molar-refractivity contribution in [2.24, 2.45) is 22.9 Å². The highest BCUT2D eigenvalue weighted by Crippen LogP contribution is 2.14. The fraction of sp³-hybridized carbons (Fsp3) is 0.182. The van der Waals surface area contributed by atoms with Crippen molar-refractivity contribution in [2.45, 2.75) is 37.8 Å². The van der Waals surface area contributed by atoms with Crippen LogP contribution in [-0.4, -0.2) is 253 Å². The van der Waals surface area contributed by atoms with Crippen LogP contribution in [0.25, 0.3) is 0 Å². The average Bonchev–Trinajstić information content (AvgIpc) is 3.37. The summed E-state index contributed by atoms with van der Waals surface area (Å²) < 4.78 is 0. The quantitative estimate of drug-likeness (QED) is 0.0536.